The van der Waals surface area contributed by atoms with Crippen molar-refractivity contribution in [3.8, 4) is 0 Å². The summed E-state index contributed by atoms with van der Waals surface area (Å²) in [6, 6.07) is 5.69. The van der Waals surface area contributed by atoms with Crippen LogP contribution in [0.2, 0.25) is 0 Å². The maximum Gasteiger partial charge on any atom is 0.268 e. The summed E-state index contributed by atoms with van der Waals surface area (Å²) in [5.41, 5.74) is 0.707. The number of hydrogen-bond donors (Lipinski definition) is 2. The molecular weight excluding hydrogens is 260 g/mol. The quantitative estimate of drug-likeness (QED) is 0.747. The van der Waals surface area contributed by atoms with E-state index in [2.05, 4.69) is 21.8 Å². The number of likely N-dealkylation sites (N-methyl/N-ethyl adjacent to an activating group) is 1. The number of nitrogens with one attached hydrogen (secondary N) is 2. The van der Waals surface area contributed by atoms with Gasteiger partial charge >= 0.3 is 0 Å². The van der Waals surface area contributed by atoms with Crippen LogP contribution in [0.1, 0.15) is 4.88 Å². The number of anilines is 1. The minimum Gasteiger partial charge on any atom is -0.382 e. The zero-order valence-corrected chi connectivity index (χ0v) is 11.7. The molecule has 6 heteroatoms. The standard InChI is InChI=1S/C13H18N4OS/c1-14-5-6-15-11-9-13(18)17(16-10-11)7-4-12-3-2-8-19-12/h2-3,8-10,14-15H,4-7H2,1H3. The molecule has 0 saturated heterocycles. The molecule has 0 amide bonds. The normalized spacial score (nSPS) is 10.6. The van der Waals surface area contributed by atoms with Gasteiger partial charge in [-0.15, -0.1) is 11.3 Å². The smallest absolute Gasteiger partial charge is 0.268 e. The van der Waals surface area contributed by atoms with Crippen LogP contribution in [0, 0.1) is 0 Å². The molecular formula is C13H18N4OS. The number of aryl methyl sites for hydroxylation is 2. The van der Waals surface area contributed by atoms with E-state index in [1.165, 1.54) is 9.56 Å². The average molecular weight is 278 g/mol. The summed E-state index contributed by atoms with van der Waals surface area (Å²) in [5, 5.41) is 12.4. The maximum absolute atomic E-state index is 11.9. The Morgan fingerprint density at radius 3 is 3.00 bits per heavy atom. The monoisotopic (exact) mass is 278 g/mol. The van der Waals surface area contributed by atoms with E-state index < -0.39 is 0 Å². The molecule has 5 nitrogen and oxygen atoms in total. The lowest BCUT2D eigenvalue weighted by atomic mass is 10.3. The van der Waals surface area contributed by atoms with Crippen molar-refractivity contribution in [1.29, 1.82) is 0 Å². The molecule has 2 N–H and O–H groups in total. The second kappa shape index (κ2) is 7.06. The zero-order valence-electron chi connectivity index (χ0n) is 10.9. The van der Waals surface area contributed by atoms with Crippen LogP contribution < -0.4 is 16.2 Å². The van der Waals surface area contributed by atoms with Gasteiger partial charge < -0.3 is 10.6 Å². The number of nitrogens with zero attached hydrogens (tertiary/aromatic N) is 2. The topological polar surface area (TPSA) is 59.0 Å². The molecule has 102 valence electrons. The number of hydrogen-bond acceptors (Lipinski definition) is 5. The van der Waals surface area contributed by atoms with E-state index in [0.717, 1.165) is 25.2 Å². The molecule has 0 unspecified atom stereocenters. The maximum atomic E-state index is 11.9. The molecule has 0 fully saturated rings. The summed E-state index contributed by atoms with van der Waals surface area (Å²) in [7, 11) is 1.89. The second-order valence-corrected chi connectivity index (χ2v) is 5.20. The van der Waals surface area contributed by atoms with Gasteiger partial charge in [0.15, 0.2) is 0 Å². The summed E-state index contributed by atoms with van der Waals surface area (Å²) in [5.74, 6) is 0. The molecule has 0 aromatic carbocycles. The fourth-order valence-corrected chi connectivity index (χ4v) is 2.40. The molecule has 2 rings (SSSR count). The van der Waals surface area contributed by atoms with Gasteiger partial charge in [0.2, 0.25) is 0 Å². The van der Waals surface area contributed by atoms with E-state index >= 15 is 0 Å². The van der Waals surface area contributed by atoms with Crippen molar-refractivity contribution in [2.45, 2.75) is 13.0 Å². The molecule has 0 aliphatic rings. The third-order valence-electron chi connectivity index (χ3n) is 2.72. The fraction of sp³-hybridized carbons (Fsp3) is 0.385. The molecule has 2 aromatic rings. The van der Waals surface area contributed by atoms with Crippen LogP contribution in [-0.2, 0) is 13.0 Å². The summed E-state index contributed by atoms with van der Waals surface area (Å²) in [6.07, 6.45) is 2.54. The van der Waals surface area contributed by atoms with E-state index in [1.54, 1.807) is 23.6 Å². The lowest BCUT2D eigenvalue weighted by Gasteiger charge is -2.07. The predicted octanol–water partition coefficient (Wildman–Crippen LogP) is 1.18. The average Bonchev–Trinajstić information content (AvgIpc) is 2.91. The van der Waals surface area contributed by atoms with Gasteiger partial charge in [0.25, 0.3) is 5.56 Å². The lowest BCUT2D eigenvalue weighted by molar-refractivity contribution is 0.581. The van der Waals surface area contributed by atoms with Crippen molar-refractivity contribution < 1.29 is 0 Å². The summed E-state index contributed by atoms with van der Waals surface area (Å²) < 4.78 is 1.50. The van der Waals surface area contributed by atoms with Crippen LogP contribution in [0.3, 0.4) is 0 Å². The number of aromatic nitrogens is 2. The van der Waals surface area contributed by atoms with Gasteiger partial charge in [-0.1, -0.05) is 6.07 Å². The summed E-state index contributed by atoms with van der Waals surface area (Å²) >= 11 is 1.70. The van der Waals surface area contributed by atoms with Gasteiger partial charge in [-0.3, -0.25) is 4.79 Å². The first kappa shape index (κ1) is 13.8. The first-order valence-corrected chi connectivity index (χ1v) is 7.15. The molecule has 0 saturated carbocycles. The van der Waals surface area contributed by atoms with E-state index in [0.29, 0.717) is 6.54 Å². The Morgan fingerprint density at radius 2 is 2.32 bits per heavy atom. The third kappa shape index (κ3) is 4.18. The number of rotatable bonds is 7. The Hall–Kier alpha value is -1.66. The highest BCUT2D eigenvalue weighted by Gasteiger charge is 2.01. The van der Waals surface area contributed by atoms with Crippen LogP contribution in [0.5, 0.6) is 0 Å². The predicted molar refractivity (Wildman–Crippen MR) is 78.9 cm³/mol. The Balaban J connectivity index is 1.93. The van der Waals surface area contributed by atoms with Crippen LogP contribution in [0.4, 0.5) is 5.69 Å². The molecule has 2 heterocycles. The van der Waals surface area contributed by atoms with Crippen LogP contribution in [0.25, 0.3) is 0 Å². The van der Waals surface area contributed by atoms with E-state index in [-0.39, 0.29) is 5.56 Å². The van der Waals surface area contributed by atoms with Crippen molar-refractivity contribution in [2.24, 2.45) is 0 Å². The van der Waals surface area contributed by atoms with E-state index in [4.69, 9.17) is 0 Å². The summed E-state index contributed by atoms with van der Waals surface area (Å²) in [4.78, 5) is 13.1. The molecule has 0 atom stereocenters. The fourth-order valence-electron chi connectivity index (χ4n) is 1.70. The van der Waals surface area contributed by atoms with Gasteiger partial charge in [0.1, 0.15) is 0 Å². The van der Waals surface area contributed by atoms with Crippen molar-refractivity contribution in [1.82, 2.24) is 15.1 Å². The van der Waals surface area contributed by atoms with Gasteiger partial charge in [0, 0.05) is 37.0 Å². The Morgan fingerprint density at radius 1 is 1.42 bits per heavy atom. The van der Waals surface area contributed by atoms with Crippen LogP contribution in [-0.4, -0.2) is 29.9 Å². The van der Waals surface area contributed by atoms with Crippen molar-refractivity contribution in [3.05, 3.63) is 45.0 Å². The van der Waals surface area contributed by atoms with Crippen molar-refractivity contribution in [2.75, 3.05) is 25.5 Å². The van der Waals surface area contributed by atoms with Gasteiger partial charge in [-0.2, -0.15) is 5.10 Å². The zero-order chi connectivity index (χ0) is 13.5. The number of thiophene rings is 1. The molecule has 0 radical (unpaired) electrons. The minimum absolute atomic E-state index is 0.0639. The lowest BCUT2D eigenvalue weighted by Crippen LogP contribution is -2.24. The Labute approximate surface area is 116 Å². The Kier molecular flexibility index (Phi) is 5.11. The van der Waals surface area contributed by atoms with Crippen LogP contribution >= 0.6 is 11.3 Å². The highest BCUT2D eigenvalue weighted by atomic mass is 32.1. The van der Waals surface area contributed by atoms with Crippen LogP contribution in [0.15, 0.2) is 34.6 Å². The largest absolute Gasteiger partial charge is 0.382 e. The highest BCUT2D eigenvalue weighted by molar-refractivity contribution is 7.09. The van der Waals surface area contributed by atoms with Gasteiger partial charge in [-0.05, 0) is 18.5 Å². The second-order valence-electron chi connectivity index (χ2n) is 4.17. The first-order valence-electron chi connectivity index (χ1n) is 6.27. The first-order chi connectivity index (χ1) is 9.29. The minimum atomic E-state index is -0.0639. The van der Waals surface area contributed by atoms with Crippen molar-refractivity contribution in [3.63, 3.8) is 0 Å². The molecule has 0 bridgehead atoms. The highest BCUT2D eigenvalue weighted by Crippen LogP contribution is 2.09. The van der Waals surface area contributed by atoms with E-state index in [9.17, 15) is 4.79 Å². The molecule has 0 aliphatic carbocycles. The third-order valence-corrected chi connectivity index (χ3v) is 3.66. The van der Waals surface area contributed by atoms with Gasteiger partial charge in [-0.25, -0.2) is 4.68 Å². The molecule has 0 spiro atoms. The molecule has 0 aliphatic heterocycles. The SMILES string of the molecule is CNCCNc1cnn(CCc2cccs2)c(=O)c1. The van der Waals surface area contributed by atoms with Gasteiger partial charge in [0.05, 0.1) is 11.9 Å². The van der Waals surface area contributed by atoms with E-state index in [1.807, 2.05) is 18.5 Å². The van der Waals surface area contributed by atoms with Crippen molar-refractivity contribution >= 4 is 17.0 Å². The molecule has 19 heavy (non-hydrogen) atoms. The Bertz CT molecular complexity index is 550. The molecule has 2 aromatic heterocycles. The summed E-state index contributed by atoms with van der Waals surface area (Å²) in [6.45, 7) is 2.24.